The highest BCUT2D eigenvalue weighted by Gasteiger charge is 2.11. The smallest absolute Gasteiger partial charge is 0.272 e. The molecule has 0 radical (unpaired) electrons. The van der Waals surface area contributed by atoms with Gasteiger partial charge in [-0.05, 0) is 12.1 Å². The monoisotopic (exact) mass is 236 g/mol. The third-order valence-corrected chi connectivity index (χ3v) is 2.67. The molecule has 1 aromatic carbocycles. The van der Waals surface area contributed by atoms with Crippen molar-refractivity contribution in [3.05, 3.63) is 51.4 Å². The second kappa shape index (κ2) is 3.98. The first-order valence-electron chi connectivity index (χ1n) is 4.64. The van der Waals surface area contributed by atoms with Gasteiger partial charge in [0.25, 0.3) is 5.56 Å². The Morgan fingerprint density at radius 1 is 1.31 bits per heavy atom. The number of halogens is 1. The van der Waals surface area contributed by atoms with Gasteiger partial charge in [-0.15, -0.1) is 0 Å². The van der Waals surface area contributed by atoms with Gasteiger partial charge in [0.2, 0.25) is 0 Å². The van der Waals surface area contributed by atoms with E-state index in [1.807, 2.05) is 0 Å². The fraction of sp³-hybridized carbons (Fsp3) is 0.0909. The third-order valence-electron chi connectivity index (χ3n) is 2.36. The van der Waals surface area contributed by atoms with Gasteiger partial charge in [0.1, 0.15) is 5.69 Å². The summed E-state index contributed by atoms with van der Waals surface area (Å²) in [7, 11) is 1.63. The van der Waals surface area contributed by atoms with E-state index in [4.69, 9.17) is 11.6 Å². The van der Waals surface area contributed by atoms with Crippen LogP contribution < -0.4 is 5.56 Å². The summed E-state index contributed by atoms with van der Waals surface area (Å²) >= 11 is 5.99. The molecule has 82 valence electrons. The number of aldehydes is 1. The first-order valence-corrected chi connectivity index (χ1v) is 5.02. The zero-order valence-electron chi connectivity index (χ0n) is 8.55. The Labute approximate surface area is 96.7 Å². The zero-order chi connectivity index (χ0) is 11.7. The first kappa shape index (κ1) is 10.7. The lowest BCUT2D eigenvalue weighted by molar-refractivity contribution is 0.111. The molecule has 16 heavy (non-hydrogen) atoms. The van der Waals surface area contributed by atoms with Crippen molar-refractivity contribution in [2.24, 2.45) is 7.05 Å². The molecule has 0 N–H and O–H groups in total. The quantitative estimate of drug-likeness (QED) is 0.744. The van der Waals surface area contributed by atoms with Crippen molar-refractivity contribution >= 4 is 17.9 Å². The lowest BCUT2D eigenvalue weighted by Gasteiger charge is -2.09. The topological polar surface area (TPSA) is 44.0 Å². The van der Waals surface area contributed by atoms with E-state index in [0.717, 1.165) is 0 Å². The number of benzene rings is 1. The molecule has 2 aromatic rings. The lowest BCUT2D eigenvalue weighted by Crippen LogP contribution is -2.19. The van der Waals surface area contributed by atoms with Crippen molar-refractivity contribution in [3.63, 3.8) is 0 Å². The van der Waals surface area contributed by atoms with E-state index < -0.39 is 0 Å². The predicted octanol–water partition coefficient (Wildman–Crippen LogP) is 1.64. The van der Waals surface area contributed by atoms with Crippen molar-refractivity contribution in [1.29, 1.82) is 0 Å². The van der Waals surface area contributed by atoms with Crippen LogP contribution >= 0.6 is 11.6 Å². The summed E-state index contributed by atoms with van der Waals surface area (Å²) in [5, 5.41) is 0.461. The predicted molar refractivity (Wildman–Crippen MR) is 61.4 cm³/mol. The van der Waals surface area contributed by atoms with Gasteiger partial charge in [-0.1, -0.05) is 23.7 Å². The SMILES string of the molecule is Cn1c(C=O)cc(=O)n1-c1ccccc1Cl. The fourth-order valence-electron chi connectivity index (χ4n) is 1.56. The molecule has 0 aliphatic carbocycles. The molecule has 0 saturated heterocycles. The van der Waals surface area contributed by atoms with Crippen LogP contribution in [0.2, 0.25) is 5.02 Å². The maximum atomic E-state index is 11.7. The summed E-state index contributed by atoms with van der Waals surface area (Å²) in [6, 6.07) is 8.24. The summed E-state index contributed by atoms with van der Waals surface area (Å²) in [5.41, 5.74) is 0.590. The molecule has 0 amide bonds. The average molecular weight is 237 g/mol. The van der Waals surface area contributed by atoms with Crippen LogP contribution in [-0.4, -0.2) is 15.6 Å². The molecule has 1 aromatic heterocycles. The largest absolute Gasteiger partial charge is 0.296 e. The summed E-state index contributed by atoms with van der Waals surface area (Å²) in [6.07, 6.45) is 0.634. The van der Waals surface area contributed by atoms with Gasteiger partial charge in [-0.25, -0.2) is 4.68 Å². The van der Waals surface area contributed by atoms with Crippen molar-refractivity contribution in [1.82, 2.24) is 9.36 Å². The van der Waals surface area contributed by atoms with E-state index >= 15 is 0 Å². The number of para-hydroxylation sites is 1. The Morgan fingerprint density at radius 2 is 2.00 bits per heavy atom. The van der Waals surface area contributed by atoms with Crippen molar-refractivity contribution < 1.29 is 4.79 Å². The van der Waals surface area contributed by atoms with E-state index in [0.29, 0.717) is 22.7 Å². The molecular weight excluding hydrogens is 228 g/mol. The van der Waals surface area contributed by atoms with Crippen LogP contribution in [0.5, 0.6) is 0 Å². The van der Waals surface area contributed by atoms with Crippen LogP contribution in [0.4, 0.5) is 0 Å². The summed E-state index contributed by atoms with van der Waals surface area (Å²) in [5.74, 6) is 0. The summed E-state index contributed by atoms with van der Waals surface area (Å²) < 4.78 is 2.82. The molecular formula is C11H9ClN2O2. The molecule has 0 aliphatic heterocycles. The number of rotatable bonds is 2. The van der Waals surface area contributed by atoms with Gasteiger partial charge >= 0.3 is 0 Å². The van der Waals surface area contributed by atoms with E-state index in [1.165, 1.54) is 15.4 Å². The zero-order valence-corrected chi connectivity index (χ0v) is 9.31. The Balaban J connectivity index is 2.75. The Morgan fingerprint density at radius 3 is 2.56 bits per heavy atom. The van der Waals surface area contributed by atoms with E-state index in [1.54, 1.807) is 31.3 Å². The van der Waals surface area contributed by atoms with Gasteiger partial charge in [0, 0.05) is 13.1 Å². The number of carbonyl (C=O) groups is 1. The highest BCUT2D eigenvalue weighted by molar-refractivity contribution is 6.32. The minimum Gasteiger partial charge on any atom is -0.296 e. The molecule has 0 fully saturated rings. The maximum Gasteiger partial charge on any atom is 0.272 e. The molecule has 0 aliphatic rings. The Bertz CT molecular complexity index is 598. The van der Waals surface area contributed by atoms with E-state index in [2.05, 4.69) is 0 Å². The number of hydrogen-bond donors (Lipinski definition) is 0. The van der Waals surface area contributed by atoms with Crippen LogP contribution in [0.3, 0.4) is 0 Å². The van der Waals surface area contributed by atoms with Crippen molar-refractivity contribution in [2.75, 3.05) is 0 Å². The van der Waals surface area contributed by atoms with Crippen molar-refractivity contribution in [3.8, 4) is 5.69 Å². The van der Waals surface area contributed by atoms with Gasteiger partial charge in [-0.2, -0.15) is 0 Å². The molecule has 0 bridgehead atoms. The maximum absolute atomic E-state index is 11.7. The van der Waals surface area contributed by atoms with Gasteiger partial charge < -0.3 is 0 Å². The number of aromatic nitrogens is 2. The molecule has 0 unspecified atom stereocenters. The first-order chi connectivity index (χ1) is 7.65. The summed E-state index contributed by atoms with van der Waals surface area (Å²) in [6.45, 7) is 0. The van der Waals surface area contributed by atoms with Gasteiger partial charge in [-0.3, -0.25) is 14.3 Å². The number of nitrogens with zero attached hydrogens (tertiary/aromatic N) is 2. The number of carbonyl (C=O) groups excluding carboxylic acids is 1. The molecule has 0 atom stereocenters. The Kier molecular flexibility index (Phi) is 2.66. The highest BCUT2D eigenvalue weighted by Crippen LogP contribution is 2.18. The van der Waals surface area contributed by atoms with Gasteiger partial charge in [0.15, 0.2) is 6.29 Å². The number of hydrogen-bond acceptors (Lipinski definition) is 2. The lowest BCUT2D eigenvalue weighted by atomic mass is 10.3. The highest BCUT2D eigenvalue weighted by atomic mass is 35.5. The molecule has 4 nitrogen and oxygen atoms in total. The van der Waals surface area contributed by atoms with Gasteiger partial charge in [0.05, 0.1) is 10.7 Å². The van der Waals surface area contributed by atoms with E-state index in [-0.39, 0.29) is 5.56 Å². The van der Waals surface area contributed by atoms with Crippen molar-refractivity contribution in [2.45, 2.75) is 0 Å². The standard InChI is InChI=1S/C11H9ClN2O2/c1-13-8(7-15)6-11(16)14(13)10-5-3-2-4-9(10)12/h2-7H,1H3. The fourth-order valence-corrected chi connectivity index (χ4v) is 1.77. The molecule has 2 rings (SSSR count). The minimum absolute atomic E-state index is 0.280. The second-order valence-electron chi connectivity index (χ2n) is 3.31. The van der Waals surface area contributed by atoms with Crippen LogP contribution in [0.25, 0.3) is 5.69 Å². The van der Waals surface area contributed by atoms with Crippen LogP contribution in [0, 0.1) is 0 Å². The van der Waals surface area contributed by atoms with Crippen LogP contribution in [0.1, 0.15) is 10.5 Å². The Hall–Kier alpha value is -1.81. The normalized spacial score (nSPS) is 10.4. The molecule has 0 saturated carbocycles. The average Bonchev–Trinajstić information content (AvgIpc) is 2.55. The van der Waals surface area contributed by atoms with Crippen LogP contribution in [-0.2, 0) is 7.05 Å². The molecule has 5 heteroatoms. The minimum atomic E-state index is -0.280. The van der Waals surface area contributed by atoms with Crippen LogP contribution in [0.15, 0.2) is 35.1 Å². The molecule has 0 spiro atoms. The molecule has 1 heterocycles. The van der Waals surface area contributed by atoms with E-state index in [9.17, 15) is 9.59 Å². The summed E-state index contributed by atoms with van der Waals surface area (Å²) in [4.78, 5) is 22.4. The third kappa shape index (κ3) is 1.57. The second-order valence-corrected chi connectivity index (χ2v) is 3.72.